The second-order valence-corrected chi connectivity index (χ2v) is 9.51. The first-order valence-electron chi connectivity index (χ1n) is 10.2. The van der Waals surface area contributed by atoms with E-state index in [0.717, 1.165) is 48.3 Å². The van der Waals surface area contributed by atoms with Gasteiger partial charge in [0.15, 0.2) is 0 Å². The van der Waals surface area contributed by atoms with Gasteiger partial charge >= 0.3 is 5.97 Å². The predicted molar refractivity (Wildman–Crippen MR) is 127 cm³/mol. The lowest BCUT2D eigenvalue weighted by atomic mass is 10.0. The van der Waals surface area contributed by atoms with Crippen LogP contribution in [-0.4, -0.2) is 31.7 Å². The summed E-state index contributed by atoms with van der Waals surface area (Å²) in [7, 11) is 0. The minimum atomic E-state index is -0.136. The minimum absolute atomic E-state index is 0.0241. The topological polar surface area (TPSA) is 35.5 Å². The van der Waals surface area contributed by atoms with E-state index in [1.807, 2.05) is 60.8 Å². The number of carbonyl (C=O) groups is 1. The number of hydrogen-bond acceptors (Lipinski definition) is 5. The van der Waals surface area contributed by atoms with Gasteiger partial charge in [-0.05, 0) is 62.1 Å². The molecular formula is C25H28O3S2. The largest absolute Gasteiger partial charge is 0.493 e. The van der Waals surface area contributed by atoms with E-state index in [0.29, 0.717) is 13.0 Å². The van der Waals surface area contributed by atoms with Crippen LogP contribution in [0.1, 0.15) is 48.4 Å². The molecule has 3 nitrogen and oxygen atoms in total. The first kappa shape index (κ1) is 22.7. The standard InChI is InChI=1S/C25H28O3S2/c1-4-27-24(26)11-7-10-20-8-5-6-9-21(20)14-12-19-13-15-23-22(18-19)25(29-2,30-3)16-17-28-23/h5-6,8-9,13,15,18H,4,7,10-11,16-17H2,1-3H3. The van der Waals surface area contributed by atoms with Gasteiger partial charge in [0.1, 0.15) is 5.75 Å². The molecule has 0 bridgehead atoms. The highest BCUT2D eigenvalue weighted by Gasteiger charge is 2.36. The Labute approximate surface area is 188 Å². The van der Waals surface area contributed by atoms with E-state index in [4.69, 9.17) is 9.47 Å². The lowest BCUT2D eigenvalue weighted by Gasteiger charge is -2.36. The van der Waals surface area contributed by atoms with Crippen LogP contribution in [0.3, 0.4) is 0 Å². The zero-order chi connectivity index (χ0) is 21.4. The Hall–Kier alpha value is -2.03. The number of aryl methyl sites for hydroxylation is 1. The number of carbonyl (C=O) groups excluding carboxylic acids is 1. The predicted octanol–water partition coefficient (Wildman–Crippen LogP) is 5.63. The third-order valence-electron chi connectivity index (χ3n) is 5.23. The van der Waals surface area contributed by atoms with E-state index < -0.39 is 0 Å². The van der Waals surface area contributed by atoms with E-state index in [1.165, 1.54) is 5.56 Å². The minimum Gasteiger partial charge on any atom is -0.493 e. The van der Waals surface area contributed by atoms with Crippen molar-refractivity contribution < 1.29 is 14.3 Å². The zero-order valence-electron chi connectivity index (χ0n) is 17.8. The fourth-order valence-electron chi connectivity index (χ4n) is 3.62. The van der Waals surface area contributed by atoms with Gasteiger partial charge in [-0.1, -0.05) is 30.0 Å². The van der Waals surface area contributed by atoms with Crippen LogP contribution in [-0.2, 0) is 20.0 Å². The normalized spacial score (nSPS) is 14.1. The van der Waals surface area contributed by atoms with Crippen molar-refractivity contribution >= 4 is 29.5 Å². The van der Waals surface area contributed by atoms with Crippen molar-refractivity contribution in [2.24, 2.45) is 0 Å². The third-order valence-corrected chi connectivity index (χ3v) is 8.40. The van der Waals surface area contributed by atoms with Crippen LogP contribution in [0.4, 0.5) is 0 Å². The Morgan fingerprint density at radius 2 is 1.97 bits per heavy atom. The number of hydrogen-bond donors (Lipinski definition) is 0. The molecule has 0 saturated heterocycles. The molecule has 0 aromatic heterocycles. The summed E-state index contributed by atoms with van der Waals surface area (Å²) in [4.78, 5) is 11.6. The zero-order valence-corrected chi connectivity index (χ0v) is 19.5. The average molecular weight is 441 g/mol. The number of thioether (sulfide) groups is 2. The summed E-state index contributed by atoms with van der Waals surface area (Å²) < 4.78 is 10.9. The Morgan fingerprint density at radius 1 is 1.17 bits per heavy atom. The maximum Gasteiger partial charge on any atom is 0.305 e. The van der Waals surface area contributed by atoms with Gasteiger partial charge in [0.2, 0.25) is 0 Å². The van der Waals surface area contributed by atoms with Crippen molar-refractivity contribution in [3.8, 4) is 17.6 Å². The van der Waals surface area contributed by atoms with Gasteiger partial charge in [0, 0.05) is 29.5 Å². The number of esters is 1. The first-order valence-corrected chi connectivity index (χ1v) is 12.7. The average Bonchev–Trinajstić information content (AvgIpc) is 2.78. The molecular weight excluding hydrogens is 412 g/mol. The summed E-state index contributed by atoms with van der Waals surface area (Å²) in [5.74, 6) is 7.52. The summed E-state index contributed by atoms with van der Waals surface area (Å²) in [5.41, 5.74) is 4.39. The van der Waals surface area contributed by atoms with Crippen molar-refractivity contribution in [1.29, 1.82) is 0 Å². The van der Waals surface area contributed by atoms with Crippen molar-refractivity contribution in [1.82, 2.24) is 0 Å². The van der Waals surface area contributed by atoms with Gasteiger partial charge < -0.3 is 9.47 Å². The Balaban J connectivity index is 1.79. The van der Waals surface area contributed by atoms with E-state index in [2.05, 4.69) is 36.5 Å². The number of ether oxygens (including phenoxy) is 2. The Morgan fingerprint density at radius 3 is 2.73 bits per heavy atom. The van der Waals surface area contributed by atoms with Gasteiger partial charge in [0.05, 0.1) is 17.3 Å². The molecule has 0 saturated carbocycles. The molecule has 2 aromatic carbocycles. The lowest BCUT2D eigenvalue weighted by Crippen LogP contribution is -2.26. The van der Waals surface area contributed by atoms with E-state index in [9.17, 15) is 4.79 Å². The molecule has 0 unspecified atom stereocenters. The molecule has 0 N–H and O–H groups in total. The molecule has 0 fully saturated rings. The van der Waals surface area contributed by atoms with Gasteiger partial charge in [-0.2, -0.15) is 0 Å². The molecule has 0 radical (unpaired) electrons. The van der Waals surface area contributed by atoms with Gasteiger partial charge in [0.25, 0.3) is 0 Å². The summed E-state index contributed by atoms with van der Waals surface area (Å²) in [6.07, 6.45) is 7.32. The number of benzene rings is 2. The van der Waals surface area contributed by atoms with Gasteiger partial charge in [-0.3, -0.25) is 4.79 Å². The summed E-state index contributed by atoms with van der Waals surface area (Å²) in [6, 6.07) is 14.4. The fourth-order valence-corrected chi connectivity index (χ4v) is 5.63. The first-order chi connectivity index (χ1) is 14.6. The van der Waals surface area contributed by atoms with E-state index >= 15 is 0 Å². The van der Waals surface area contributed by atoms with E-state index in [1.54, 1.807) is 0 Å². The van der Waals surface area contributed by atoms with Crippen molar-refractivity contribution in [2.75, 3.05) is 25.7 Å². The second-order valence-electron chi connectivity index (χ2n) is 7.04. The molecule has 3 rings (SSSR count). The maximum atomic E-state index is 11.6. The van der Waals surface area contributed by atoms with Crippen LogP contribution >= 0.6 is 23.5 Å². The summed E-state index contributed by atoms with van der Waals surface area (Å²) in [5, 5.41) is 0. The molecule has 0 aliphatic carbocycles. The van der Waals surface area contributed by atoms with Gasteiger partial charge in [-0.25, -0.2) is 0 Å². The van der Waals surface area contributed by atoms with Crippen LogP contribution in [0, 0.1) is 11.8 Å². The number of rotatable bonds is 7. The molecule has 1 aliphatic heterocycles. The maximum absolute atomic E-state index is 11.6. The molecule has 0 amide bonds. The molecule has 30 heavy (non-hydrogen) atoms. The fraction of sp³-hybridized carbons (Fsp3) is 0.400. The molecule has 1 aliphatic rings. The SMILES string of the molecule is CCOC(=O)CCCc1ccccc1C#Cc1ccc2c(c1)C(SC)(SC)CCO2. The quantitative estimate of drug-likeness (QED) is 0.317. The van der Waals surface area contributed by atoms with E-state index in [-0.39, 0.29) is 10.0 Å². The Bertz CT molecular complexity index is 939. The summed E-state index contributed by atoms with van der Waals surface area (Å²) in [6.45, 7) is 3.01. The van der Waals surface area contributed by atoms with Crippen LogP contribution in [0.5, 0.6) is 5.75 Å². The molecule has 1 heterocycles. The highest BCUT2D eigenvalue weighted by Crippen LogP contribution is 2.52. The number of fused-ring (bicyclic) bond motifs is 1. The van der Waals surface area contributed by atoms with Crippen LogP contribution in [0.2, 0.25) is 0 Å². The molecule has 0 atom stereocenters. The van der Waals surface area contributed by atoms with Crippen molar-refractivity contribution in [3.63, 3.8) is 0 Å². The molecule has 158 valence electrons. The van der Waals surface area contributed by atoms with Crippen LogP contribution < -0.4 is 4.74 Å². The smallest absolute Gasteiger partial charge is 0.305 e. The Kier molecular flexibility index (Phi) is 8.18. The van der Waals surface area contributed by atoms with Crippen molar-refractivity contribution in [2.45, 2.75) is 36.7 Å². The highest BCUT2D eigenvalue weighted by atomic mass is 32.2. The molecule has 5 heteroatoms. The van der Waals surface area contributed by atoms with Gasteiger partial charge in [-0.15, -0.1) is 23.5 Å². The molecule has 0 spiro atoms. The summed E-state index contributed by atoms with van der Waals surface area (Å²) >= 11 is 3.75. The lowest BCUT2D eigenvalue weighted by molar-refractivity contribution is -0.143. The highest BCUT2D eigenvalue weighted by molar-refractivity contribution is 8.16. The molecule has 2 aromatic rings. The van der Waals surface area contributed by atoms with Crippen LogP contribution in [0.15, 0.2) is 42.5 Å². The van der Waals surface area contributed by atoms with Crippen LogP contribution in [0.25, 0.3) is 0 Å². The second kappa shape index (κ2) is 10.8. The third kappa shape index (κ3) is 5.36. The van der Waals surface area contributed by atoms with Crippen molar-refractivity contribution in [3.05, 3.63) is 64.7 Å². The monoisotopic (exact) mass is 440 g/mol.